The van der Waals surface area contributed by atoms with Crippen molar-refractivity contribution in [1.29, 1.82) is 0 Å². The van der Waals surface area contributed by atoms with Crippen molar-refractivity contribution in [3.8, 4) is 16.5 Å². The lowest BCUT2D eigenvalue weighted by molar-refractivity contribution is -0.135. The maximum absolute atomic E-state index is 12.5. The van der Waals surface area contributed by atoms with Crippen LogP contribution >= 0.6 is 11.3 Å². The number of carbonyl (C=O) groups excluding carboxylic acids is 1. The van der Waals surface area contributed by atoms with Crippen LogP contribution in [0.1, 0.15) is 23.4 Å². The normalized spacial score (nSPS) is 14.7. The SMILES string of the molecule is Cc1ccc(OCC(=O)N2CCN(CCCc3nc(-c4cccs4)no3)CC2)c(C)c1. The van der Waals surface area contributed by atoms with Gasteiger partial charge in [0.15, 0.2) is 6.61 Å². The van der Waals surface area contributed by atoms with Crippen LogP contribution in [0.3, 0.4) is 0 Å². The molecule has 4 rings (SSSR count). The first-order chi connectivity index (χ1) is 15.1. The quantitative estimate of drug-likeness (QED) is 0.533. The highest BCUT2D eigenvalue weighted by molar-refractivity contribution is 7.13. The lowest BCUT2D eigenvalue weighted by Crippen LogP contribution is -2.50. The van der Waals surface area contributed by atoms with Crippen molar-refractivity contribution in [2.75, 3.05) is 39.3 Å². The van der Waals surface area contributed by atoms with Crippen LogP contribution in [0.4, 0.5) is 0 Å². The van der Waals surface area contributed by atoms with E-state index in [-0.39, 0.29) is 12.5 Å². The number of thiophene rings is 1. The van der Waals surface area contributed by atoms with E-state index in [1.807, 2.05) is 48.4 Å². The Hall–Kier alpha value is -2.71. The van der Waals surface area contributed by atoms with Crippen LogP contribution in [0.25, 0.3) is 10.7 Å². The molecule has 0 spiro atoms. The van der Waals surface area contributed by atoms with Crippen LogP contribution < -0.4 is 4.74 Å². The summed E-state index contributed by atoms with van der Waals surface area (Å²) in [6, 6.07) is 9.98. The summed E-state index contributed by atoms with van der Waals surface area (Å²) < 4.78 is 11.1. The molecule has 1 aliphatic heterocycles. The molecule has 7 nitrogen and oxygen atoms in total. The van der Waals surface area contributed by atoms with Gasteiger partial charge in [-0.05, 0) is 49.9 Å². The van der Waals surface area contributed by atoms with E-state index in [0.29, 0.717) is 11.7 Å². The molecule has 0 bridgehead atoms. The third-order valence-corrected chi connectivity index (χ3v) is 6.35. The lowest BCUT2D eigenvalue weighted by Gasteiger charge is -2.34. The van der Waals surface area contributed by atoms with E-state index in [1.165, 1.54) is 5.56 Å². The molecule has 0 aliphatic carbocycles. The number of ether oxygens (including phenoxy) is 1. The predicted molar refractivity (Wildman–Crippen MR) is 120 cm³/mol. The molecule has 1 amide bonds. The summed E-state index contributed by atoms with van der Waals surface area (Å²) in [6.45, 7) is 8.32. The lowest BCUT2D eigenvalue weighted by atomic mass is 10.1. The average Bonchev–Trinajstić information content (AvgIpc) is 3.45. The molecule has 3 heterocycles. The number of rotatable bonds is 8. The number of aryl methyl sites for hydroxylation is 3. The molecule has 3 aromatic rings. The molecule has 8 heteroatoms. The molecule has 2 aromatic heterocycles. The number of amides is 1. The van der Waals surface area contributed by atoms with E-state index in [0.717, 1.165) is 61.8 Å². The first kappa shape index (κ1) is 21.5. The molecule has 0 N–H and O–H groups in total. The number of nitrogens with zero attached hydrogens (tertiary/aromatic N) is 4. The van der Waals surface area contributed by atoms with Gasteiger partial charge in [0.05, 0.1) is 4.88 Å². The Balaban J connectivity index is 1.15. The molecule has 1 aliphatic rings. The molecule has 0 unspecified atom stereocenters. The zero-order chi connectivity index (χ0) is 21.6. The number of hydrogen-bond donors (Lipinski definition) is 0. The third kappa shape index (κ3) is 5.71. The second-order valence-electron chi connectivity index (χ2n) is 7.87. The molecule has 0 atom stereocenters. The Bertz CT molecular complexity index is 994. The smallest absolute Gasteiger partial charge is 0.260 e. The Morgan fingerprint density at radius 3 is 2.77 bits per heavy atom. The minimum Gasteiger partial charge on any atom is -0.484 e. The zero-order valence-corrected chi connectivity index (χ0v) is 18.9. The molecule has 0 radical (unpaired) electrons. The number of benzene rings is 1. The van der Waals surface area contributed by atoms with E-state index in [1.54, 1.807) is 11.3 Å². The van der Waals surface area contributed by atoms with Crippen LogP contribution in [0.15, 0.2) is 40.2 Å². The van der Waals surface area contributed by atoms with Gasteiger partial charge < -0.3 is 14.2 Å². The number of carbonyl (C=O) groups is 1. The fourth-order valence-electron chi connectivity index (χ4n) is 3.73. The monoisotopic (exact) mass is 440 g/mol. The number of aromatic nitrogens is 2. The molecule has 1 aromatic carbocycles. The van der Waals surface area contributed by atoms with Gasteiger partial charge in [0.25, 0.3) is 5.91 Å². The third-order valence-electron chi connectivity index (χ3n) is 5.48. The van der Waals surface area contributed by atoms with E-state index in [9.17, 15) is 4.79 Å². The molecule has 1 saturated heterocycles. The first-order valence-electron chi connectivity index (χ1n) is 10.6. The molecular formula is C23H28N4O3S. The van der Waals surface area contributed by atoms with Crippen LogP contribution in [0.5, 0.6) is 5.75 Å². The van der Waals surface area contributed by atoms with E-state index < -0.39 is 0 Å². The minimum absolute atomic E-state index is 0.0478. The first-order valence-corrected chi connectivity index (χ1v) is 11.5. The van der Waals surface area contributed by atoms with Crippen molar-refractivity contribution >= 4 is 17.2 Å². The van der Waals surface area contributed by atoms with Crippen molar-refractivity contribution in [2.45, 2.75) is 26.7 Å². The Morgan fingerprint density at radius 1 is 1.19 bits per heavy atom. The van der Waals surface area contributed by atoms with Gasteiger partial charge in [0.2, 0.25) is 11.7 Å². The highest BCUT2D eigenvalue weighted by Gasteiger charge is 2.21. The molecule has 1 fully saturated rings. The fraction of sp³-hybridized carbons (Fsp3) is 0.435. The summed E-state index contributed by atoms with van der Waals surface area (Å²) in [5.41, 5.74) is 2.25. The molecule has 31 heavy (non-hydrogen) atoms. The summed E-state index contributed by atoms with van der Waals surface area (Å²) in [6.07, 6.45) is 1.72. The summed E-state index contributed by atoms with van der Waals surface area (Å²) in [5, 5.41) is 6.06. The van der Waals surface area contributed by atoms with Crippen molar-refractivity contribution in [1.82, 2.24) is 19.9 Å². The maximum atomic E-state index is 12.5. The second-order valence-corrected chi connectivity index (χ2v) is 8.82. The standard InChI is InChI=1S/C23H28N4O3S/c1-17-7-8-19(18(2)15-17)29-16-22(28)27-12-10-26(11-13-27)9-3-6-21-24-23(25-30-21)20-5-4-14-31-20/h4-5,7-8,14-15H,3,6,9-13,16H2,1-2H3. The van der Waals surface area contributed by atoms with Crippen molar-refractivity contribution in [3.05, 3.63) is 52.7 Å². The highest BCUT2D eigenvalue weighted by atomic mass is 32.1. The van der Waals surface area contributed by atoms with E-state index in [4.69, 9.17) is 9.26 Å². The van der Waals surface area contributed by atoms with Gasteiger partial charge >= 0.3 is 0 Å². The Labute approximate surface area is 186 Å². The van der Waals surface area contributed by atoms with Gasteiger partial charge in [-0.1, -0.05) is 28.9 Å². The second kappa shape index (κ2) is 10.1. The van der Waals surface area contributed by atoms with Gasteiger partial charge in [-0.15, -0.1) is 11.3 Å². The summed E-state index contributed by atoms with van der Waals surface area (Å²) in [5.74, 6) is 2.17. The average molecular weight is 441 g/mol. The maximum Gasteiger partial charge on any atom is 0.260 e. The fourth-order valence-corrected chi connectivity index (χ4v) is 4.38. The summed E-state index contributed by atoms with van der Waals surface area (Å²) >= 11 is 1.61. The predicted octanol–water partition coefficient (Wildman–Crippen LogP) is 3.57. The number of piperazine rings is 1. The largest absolute Gasteiger partial charge is 0.484 e. The Morgan fingerprint density at radius 2 is 2.03 bits per heavy atom. The molecule has 164 valence electrons. The van der Waals surface area contributed by atoms with E-state index in [2.05, 4.69) is 21.1 Å². The van der Waals surface area contributed by atoms with Crippen LogP contribution in [0, 0.1) is 13.8 Å². The topological polar surface area (TPSA) is 71.7 Å². The van der Waals surface area contributed by atoms with E-state index >= 15 is 0 Å². The molecule has 0 saturated carbocycles. The zero-order valence-electron chi connectivity index (χ0n) is 18.0. The van der Waals surface area contributed by atoms with Crippen molar-refractivity contribution in [2.24, 2.45) is 0 Å². The Kier molecular flexibility index (Phi) is 6.99. The van der Waals surface area contributed by atoms with Crippen LogP contribution in [0.2, 0.25) is 0 Å². The van der Waals surface area contributed by atoms with Crippen molar-refractivity contribution < 1.29 is 14.1 Å². The molecular weight excluding hydrogens is 412 g/mol. The highest BCUT2D eigenvalue weighted by Crippen LogP contribution is 2.22. The number of hydrogen-bond acceptors (Lipinski definition) is 7. The van der Waals surface area contributed by atoms with Gasteiger partial charge in [0, 0.05) is 32.6 Å². The summed E-state index contributed by atoms with van der Waals surface area (Å²) in [7, 11) is 0. The van der Waals surface area contributed by atoms with Crippen LogP contribution in [-0.4, -0.2) is 65.2 Å². The van der Waals surface area contributed by atoms with Gasteiger partial charge in [0.1, 0.15) is 5.75 Å². The van der Waals surface area contributed by atoms with Gasteiger partial charge in [-0.25, -0.2) is 0 Å². The minimum atomic E-state index is 0.0478. The summed E-state index contributed by atoms with van der Waals surface area (Å²) in [4.78, 5) is 22.3. The van der Waals surface area contributed by atoms with Crippen LogP contribution in [-0.2, 0) is 11.2 Å². The van der Waals surface area contributed by atoms with Gasteiger partial charge in [-0.3, -0.25) is 9.69 Å². The van der Waals surface area contributed by atoms with Crippen molar-refractivity contribution in [3.63, 3.8) is 0 Å². The van der Waals surface area contributed by atoms with Gasteiger partial charge in [-0.2, -0.15) is 4.98 Å².